The Bertz CT molecular complexity index is 423. The highest BCUT2D eigenvalue weighted by Gasteiger charge is 2.21. The summed E-state index contributed by atoms with van der Waals surface area (Å²) in [5, 5.41) is 3.29. The molecule has 2 rings (SSSR count). The summed E-state index contributed by atoms with van der Waals surface area (Å²) in [4.78, 5) is 2.37. The van der Waals surface area contributed by atoms with Gasteiger partial charge in [0.15, 0.2) is 0 Å². The van der Waals surface area contributed by atoms with E-state index in [1.54, 1.807) is 19.2 Å². The quantitative estimate of drug-likeness (QED) is 0.867. The fourth-order valence-corrected chi connectivity index (χ4v) is 2.92. The van der Waals surface area contributed by atoms with Crippen molar-refractivity contribution in [2.75, 3.05) is 38.3 Å². The van der Waals surface area contributed by atoms with Crippen LogP contribution in [0.3, 0.4) is 0 Å². The van der Waals surface area contributed by atoms with E-state index in [0.717, 1.165) is 44.0 Å². The van der Waals surface area contributed by atoms with E-state index in [1.807, 2.05) is 6.07 Å². The van der Waals surface area contributed by atoms with Gasteiger partial charge in [-0.2, -0.15) is 0 Å². The number of rotatable bonds is 6. The third-order valence-corrected chi connectivity index (χ3v) is 3.87. The Kier molecular flexibility index (Phi) is 5.80. The molecule has 4 heteroatoms. The van der Waals surface area contributed by atoms with Crippen LogP contribution in [0, 0.1) is 11.7 Å². The maximum atomic E-state index is 13.5. The zero-order chi connectivity index (χ0) is 14.4. The average molecular weight is 280 g/mol. The molecule has 0 bridgehead atoms. The number of nitrogens with zero attached hydrogens (tertiary/aromatic N) is 1. The molecule has 1 aromatic rings. The summed E-state index contributed by atoms with van der Waals surface area (Å²) < 4.78 is 18.8. The Morgan fingerprint density at radius 1 is 1.45 bits per heavy atom. The molecule has 3 nitrogen and oxygen atoms in total. The van der Waals surface area contributed by atoms with Crippen LogP contribution in [0.5, 0.6) is 0 Å². The SMILES string of the molecule is CCNCc1cc(F)ccc1N1CCCC(COC)C1. The number of piperidine rings is 1. The number of benzene rings is 1. The Balaban J connectivity index is 2.13. The number of hydrogen-bond donors (Lipinski definition) is 1. The molecular formula is C16H25FN2O. The summed E-state index contributed by atoms with van der Waals surface area (Å²) in [7, 11) is 1.76. The molecule has 0 aliphatic carbocycles. The first kappa shape index (κ1) is 15.3. The summed E-state index contributed by atoms with van der Waals surface area (Å²) in [5.41, 5.74) is 2.21. The lowest BCUT2D eigenvalue weighted by molar-refractivity contribution is 0.143. The molecule has 1 saturated heterocycles. The molecule has 112 valence electrons. The van der Waals surface area contributed by atoms with Gasteiger partial charge < -0.3 is 15.0 Å². The fourth-order valence-electron chi connectivity index (χ4n) is 2.92. The van der Waals surface area contributed by atoms with Crippen LogP contribution in [0.15, 0.2) is 18.2 Å². The second-order valence-electron chi connectivity index (χ2n) is 5.46. The first-order valence-electron chi connectivity index (χ1n) is 7.47. The van der Waals surface area contributed by atoms with Gasteiger partial charge in [-0.3, -0.25) is 0 Å². The van der Waals surface area contributed by atoms with E-state index in [4.69, 9.17) is 4.74 Å². The molecule has 0 amide bonds. The maximum Gasteiger partial charge on any atom is 0.123 e. The van der Waals surface area contributed by atoms with Crippen molar-refractivity contribution in [1.29, 1.82) is 0 Å². The first-order valence-corrected chi connectivity index (χ1v) is 7.47. The van der Waals surface area contributed by atoms with E-state index in [0.29, 0.717) is 5.92 Å². The van der Waals surface area contributed by atoms with Gasteiger partial charge in [0.25, 0.3) is 0 Å². The van der Waals surface area contributed by atoms with Gasteiger partial charge in [0.1, 0.15) is 5.82 Å². The Morgan fingerprint density at radius 2 is 2.30 bits per heavy atom. The molecule has 1 heterocycles. The monoisotopic (exact) mass is 280 g/mol. The van der Waals surface area contributed by atoms with Crippen molar-refractivity contribution in [2.45, 2.75) is 26.3 Å². The first-order chi connectivity index (χ1) is 9.74. The minimum Gasteiger partial charge on any atom is -0.384 e. The molecule has 1 aromatic carbocycles. The van der Waals surface area contributed by atoms with Gasteiger partial charge in [-0.05, 0) is 49.1 Å². The predicted molar refractivity (Wildman–Crippen MR) is 80.6 cm³/mol. The van der Waals surface area contributed by atoms with E-state index < -0.39 is 0 Å². The summed E-state index contributed by atoms with van der Waals surface area (Å²) >= 11 is 0. The van der Waals surface area contributed by atoms with Gasteiger partial charge in [0.05, 0.1) is 6.61 Å². The van der Waals surface area contributed by atoms with Gasteiger partial charge in [-0.15, -0.1) is 0 Å². The fraction of sp³-hybridized carbons (Fsp3) is 0.625. The van der Waals surface area contributed by atoms with Gasteiger partial charge in [-0.25, -0.2) is 4.39 Å². The van der Waals surface area contributed by atoms with Crippen molar-refractivity contribution in [3.8, 4) is 0 Å². The van der Waals surface area contributed by atoms with Crippen molar-refractivity contribution in [3.63, 3.8) is 0 Å². The molecule has 20 heavy (non-hydrogen) atoms. The lowest BCUT2D eigenvalue weighted by atomic mass is 9.97. The highest BCUT2D eigenvalue weighted by atomic mass is 19.1. The van der Waals surface area contributed by atoms with Crippen LogP contribution >= 0.6 is 0 Å². The topological polar surface area (TPSA) is 24.5 Å². The summed E-state index contributed by atoms with van der Waals surface area (Å²) in [6, 6.07) is 5.12. The smallest absolute Gasteiger partial charge is 0.123 e. The number of methoxy groups -OCH3 is 1. The number of anilines is 1. The largest absolute Gasteiger partial charge is 0.384 e. The van der Waals surface area contributed by atoms with Crippen LogP contribution in [0.2, 0.25) is 0 Å². The van der Waals surface area contributed by atoms with Crippen molar-refractivity contribution >= 4 is 5.69 Å². The van der Waals surface area contributed by atoms with E-state index >= 15 is 0 Å². The van der Waals surface area contributed by atoms with Crippen LogP contribution < -0.4 is 10.2 Å². The molecule has 1 aliphatic rings. The molecule has 0 aromatic heterocycles. The second-order valence-corrected chi connectivity index (χ2v) is 5.46. The summed E-state index contributed by atoms with van der Waals surface area (Å²) in [6.07, 6.45) is 2.39. The average Bonchev–Trinajstić information content (AvgIpc) is 2.46. The van der Waals surface area contributed by atoms with E-state index in [-0.39, 0.29) is 5.82 Å². The third-order valence-electron chi connectivity index (χ3n) is 3.87. The zero-order valence-electron chi connectivity index (χ0n) is 12.5. The number of ether oxygens (including phenoxy) is 1. The standard InChI is InChI=1S/C16H25FN2O/c1-3-18-10-14-9-15(17)6-7-16(14)19-8-4-5-13(11-19)12-20-2/h6-7,9,13,18H,3-5,8,10-12H2,1-2H3. The Morgan fingerprint density at radius 3 is 3.05 bits per heavy atom. The lowest BCUT2D eigenvalue weighted by Gasteiger charge is -2.35. The highest BCUT2D eigenvalue weighted by Crippen LogP contribution is 2.27. The minimum atomic E-state index is -0.160. The molecule has 0 spiro atoms. The van der Waals surface area contributed by atoms with Crippen molar-refractivity contribution < 1.29 is 9.13 Å². The zero-order valence-corrected chi connectivity index (χ0v) is 12.5. The Labute approximate surface area is 121 Å². The van der Waals surface area contributed by atoms with Gasteiger partial charge in [0.2, 0.25) is 0 Å². The van der Waals surface area contributed by atoms with E-state index in [1.165, 1.54) is 12.8 Å². The molecule has 0 saturated carbocycles. The van der Waals surface area contributed by atoms with Gasteiger partial charge >= 0.3 is 0 Å². The van der Waals surface area contributed by atoms with Gasteiger partial charge in [-0.1, -0.05) is 6.92 Å². The van der Waals surface area contributed by atoms with Crippen molar-refractivity contribution in [3.05, 3.63) is 29.6 Å². The highest BCUT2D eigenvalue weighted by molar-refractivity contribution is 5.54. The van der Waals surface area contributed by atoms with Gasteiger partial charge in [0, 0.05) is 32.4 Å². The third kappa shape index (κ3) is 3.93. The second kappa shape index (κ2) is 7.60. The minimum absolute atomic E-state index is 0.160. The number of hydrogen-bond acceptors (Lipinski definition) is 3. The van der Waals surface area contributed by atoms with E-state index in [2.05, 4.69) is 17.1 Å². The van der Waals surface area contributed by atoms with E-state index in [9.17, 15) is 4.39 Å². The molecule has 1 N–H and O–H groups in total. The molecule has 1 unspecified atom stereocenters. The van der Waals surface area contributed by atoms with Crippen LogP contribution in [-0.2, 0) is 11.3 Å². The van der Waals surface area contributed by atoms with Crippen molar-refractivity contribution in [1.82, 2.24) is 5.32 Å². The Hall–Kier alpha value is -1.13. The normalized spacial score (nSPS) is 19.4. The molecule has 0 radical (unpaired) electrons. The number of nitrogens with one attached hydrogen (secondary N) is 1. The molecular weight excluding hydrogens is 255 g/mol. The molecule has 1 fully saturated rings. The summed E-state index contributed by atoms with van der Waals surface area (Å²) in [6.45, 7) is 6.52. The molecule has 1 atom stereocenters. The maximum absolute atomic E-state index is 13.5. The summed E-state index contributed by atoms with van der Waals surface area (Å²) in [5.74, 6) is 0.415. The lowest BCUT2D eigenvalue weighted by Crippen LogP contribution is -2.37. The van der Waals surface area contributed by atoms with Crippen LogP contribution in [0.25, 0.3) is 0 Å². The molecule has 1 aliphatic heterocycles. The van der Waals surface area contributed by atoms with Crippen molar-refractivity contribution in [2.24, 2.45) is 5.92 Å². The number of halogens is 1. The predicted octanol–water partition coefficient (Wildman–Crippen LogP) is 2.80. The van der Waals surface area contributed by atoms with Crippen LogP contribution in [0.4, 0.5) is 10.1 Å². The van der Waals surface area contributed by atoms with Crippen LogP contribution in [-0.4, -0.2) is 33.4 Å². The van der Waals surface area contributed by atoms with Crippen LogP contribution in [0.1, 0.15) is 25.3 Å².